The molecule has 9 aromatic carbocycles. The summed E-state index contributed by atoms with van der Waals surface area (Å²) in [5, 5.41) is 17.7. The highest BCUT2D eigenvalue weighted by atomic mass is 16.4. The number of fused-ring (bicyclic) bond motifs is 1. The van der Waals surface area contributed by atoms with Crippen LogP contribution in [0.5, 0.6) is 0 Å². The predicted octanol–water partition coefficient (Wildman–Crippen LogP) is 16.6. The summed E-state index contributed by atoms with van der Waals surface area (Å²) < 4.78 is 12.4. The van der Waals surface area contributed by atoms with Crippen molar-refractivity contribution >= 4 is 45.2 Å². The molecule has 0 saturated carbocycles. The van der Waals surface area contributed by atoms with E-state index in [-0.39, 0.29) is 0 Å². The van der Waals surface area contributed by atoms with E-state index in [9.17, 15) is 0 Å². The lowest BCUT2D eigenvalue weighted by atomic mass is 10.00. The smallest absolute Gasteiger partial charge is 0.248 e. The second-order valence-corrected chi connectivity index (χ2v) is 18.3. The van der Waals surface area contributed by atoms with Crippen molar-refractivity contribution in [3.05, 3.63) is 241 Å². The van der Waals surface area contributed by atoms with Gasteiger partial charge in [-0.2, -0.15) is 0 Å². The zero-order valence-corrected chi connectivity index (χ0v) is 41.2. The number of anilines is 6. The molecule has 0 saturated heterocycles. The van der Waals surface area contributed by atoms with E-state index in [0.717, 1.165) is 112 Å². The molecule has 0 atom stereocenters. The van der Waals surface area contributed by atoms with Gasteiger partial charge in [0.15, 0.2) is 0 Å². The third-order valence-electron chi connectivity index (χ3n) is 13.3. The minimum Gasteiger partial charge on any atom is -0.416 e. The van der Waals surface area contributed by atoms with Crippen LogP contribution in [0.15, 0.2) is 227 Å². The van der Waals surface area contributed by atoms with E-state index in [1.807, 2.05) is 97.1 Å². The number of rotatable bonds is 12. The predicted molar refractivity (Wildman–Crippen MR) is 296 cm³/mol. The third kappa shape index (κ3) is 8.75. The van der Waals surface area contributed by atoms with E-state index in [2.05, 4.69) is 179 Å². The maximum Gasteiger partial charge on any atom is 0.248 e. The molecule has 0 fully saturated rings. The summed E-state index contributed by atoms with van der Waals surface area (Å²) in [6.45, 7) is 8.41. The van der Waals surface area contributed by atoms with Crippen LogP contribution in [0, 0.1) is 27.7 Å². The summed E-state index contributed by atoms with van der Waals surface area (Å²) in [7, 11) is 0. The largest absolute Gasteiger partial charge is 0.416 e. The molecule has 0 bridgehead atoms. The van der Waals surface area contributed by atoms with Crippen LogP contribution in [0.25, 0.3) is 79.4 Å². The first-order chi connectivity index (χ1) is 36.3. The molecule has 0 unspecified atom stereocenters. The van der Waals surface area contributed by atoms with Gasteiger partial charge in [-0.25, -0.2) is 9.97 Å². The molecule has 0 aliphatic carbocycles. The van der Waals surface area contributed by atoms with Gasteiger partial charge in [0.2, 0.25) is 23.6 Å². The Morgan fingerprint density at radius 1 is 0.297 bits per heavy atom. The van der Waals surface area contributed by atoms with E-state index in [1.165, 1.54) is 0 Å². The molecular weight excluding hydrogens is 913 g/mol. The van der Waals surface area contributed by atoms with Gasteiger partial charge in [0, 0.05) is 67.5 Å². The van der Waals surface area contributed by atoms with Crippen LogP contribution in [-0.4, -0.2) is 30.4 Å². The minimum atomic E-state index is 0.484. The van der Waals surface area contributed by atoms with E-state index >= 15 is 0 Å². The molecule has 3 aromatic heterocycles. The fraction of sp³-hybridized carbons (Fsp3) is 0.0625. The van der Waals surface area contributed by atoms with Gasteiger partial charge in [-0.1, -0.05) is 109 Å². The zero-order valence-electron chi connectivity index (χ0n) is 41.2. The number of aromatic nitrogens is 6. The molecule has 74 heavy (non-hydrogen) atoms. The monoisotopic (exact) mass is 960 g/mol. The van der Waals surface area contributed by atoms with Crippen molar-refractivity contribution in [2.75, 3.05) is 9.80 Å². The fourth-order valence-electron chi connectivity index (χ4n) is 9.55. The number of nitrogens with zero attached hydrogens (tertiary/aromatic N) is 8. The Kier molecular flexibility index (Phi) is 11.9. The summed E-state index contributed by atoms with van der Waals surface area (Å²) >= 11 is 0. The Labute approximate surface area is 429 Å². The molecule has 10 heteroatoms. The van der Waals surface area contributed by atoms with Crippen molar-refractivity contribution in [2.45, 2.75) is 27.7 Å². The Hall–Kier alpha value is -9.80. The molecule has 0 aliphatic heterocycles. The molecule has 0 radical (unpaired) electrons. The number of hydrogen-bond acceptors (Lipinski definition) is 10. The molecule has 356 valence electrons. The van der Waals surface area contributed by atoms with E-state index in [1.54, 1.807) is 0 Å². The van der Waals surface area contributed by atoms with Gasteiger partial charge >= 0.3 is 0 Å². The first-order valence-electron chi connectivity index (χ1n) is 24.5. The van der Waals surface area contributed by atoms with Crippen LogP contribution in [0.3, 0.4) is 0 Å². The highest BCUT2D eigenvalue weighted by Gasteiger charge is 2.23. The first-order valence-corrected chi connectivity index (χ1v) is 24.5. The number of hydrogen-bond donors (Lipinski definition) is 0. The molecule has 0 N–H and O–H groups in total. The molecule has 12 rings (SSSR count). The molecule has 12 aromatic rings. The second-order valence-electron chi connectivity index (χ2n) is 18.3. The van der Waals surface area contributed by atoms with Crippen molar-refractivity contribution in [3.8, 4) is 68.3 Å². The van der Waals surface area contributed by atoms with Crippen LogP contribution in [0.4, 0.5) is 34.1 Å². The standard InChI is InChI=1S/C64H48N8O2/c1-41-39-57(43(3)37-53(41)63-69-67-61(73-63)47-19-9-5-10-20-47)71(49-23-13-7-14-24-49)51-33-29-45(30-34-51)59-60(66-56-28-18-17-27-55(56)65-59)46-31-35-52(36-32-46)72(50-25-15-8-16-26-50)58-40-42(2)54(38-44(58)4)64-70-68-62(74-64)48-21-11-6-12-22-48/h5-40H,1-4H3. The summed E-state index contributed by atoms with van der Waals surface area (Å²) in [6.07, 6.45) is 0. The van der Waals surface area contributed by atoms with Crippen molar-refractivity contribution in [3.63, 3.8) is 0 Å². The zero-order chi connectivity index (χ0) is 50.1. The van der Waals surface area contributed by atoms with E-state index in [4.69, 9.17) is 18.8 Å². The molecule has 0 amide bonds. The topological polar surface area (TPSA) is 110 Å². The van der Waals surface area contributed by atoms with Gasteiger partial charge in [0.05, 0.1) is 22.4 Å². The van der Waals surface area contributed by atoms with Crippen LogP contribution in [0.2, 0.25) is 0 Å². The Bertz CT molecular complexity index is 3680. The molecule has 0 spiro atoms. The first kappa shape index (κ1) is 45.3. The maximum absolute atomic E-state index is 6.22. The van der Waals surface area contributed by atoms with Crippen molar-refractivity contribution in [1.82, 2.24) is 30.4 Å². The quantitative estimate of drug-likeness (QED) is 0.117. The van der Waals surface area contributed by atoms with Gasteiger partial charge in [-0.05, 0) is 159 Å². The summed E-state index contributed by atoms with van der Waals surface area (Å²) in [5.41, 5.74) is 18.9. The highest BCUT2D eigenvalue weighted by molar-refractivity contribution is 5.89. The van der Waals surface area contributed by atoms with Crippen LogP contribution in [-0.2, 0) is 0 Å². The van der Waals surface area contributed by atoms with E-state index < -0.39 is 0 Å². The number of para-hydroxylation sites is 4. The Balaban J connectivity index is 0.889. The lowest BCUT2D eigenvalue weighted by Gasteiger charge is -2.28. The van der Waals surface area contributed by atoms with Crippen LogP contribution in [0.1, 0.15) is 22.3 Å². The molecule has 10 nitrogen and oxygen atoms in total. The van der Waals surface area contributed by atoms with Crippen molar-refractivity contribution in [2.24, 2.45) is 0 Å². The van der Waals surface area contributed by atoms with Gasteiger partial charge in [-0.15, -0.1) is 20.4 Å². The third-order valence-corrected chi connectivity index (χ3v) is 13.3. The highest BCUT2D eigenvalue weighted by Crippen LogP contribution is 2.43. The van der Waals surface area contributed by atoms with Gasteiger partial charge in [-0.3, -0.25) is 0 Å². The van der Waals surface area contributed by atoms with Gasteiger partial charge in [0.25, 0.3) is 0 Å². The van der Waals surface area contributed by atoms with E-state index in [0.29, 0.717) is 23.6 Å². The second kappa shape index (κ2) is 19.4. The number of aryl methyl sites for hydroxylation is 4. The van der Waals surface area contributed by atoms with Gasteiger partial charge < -0.3 is 18.6 Å². The molecule has 3 heterocycles. The summed E-state index contributed by atoms with van der Waals surface area (Å²) in [5.74, 6) is 1.95. The number of benzene rings is 9. The SMILES string of the molecule is Cc1cc(N(c2ccccc2)c2ccc(-c3nc4ccccc4nc3-c3ccc(N(c4ccccc4)c4cc(C)c(-c5nnc(-c6ccccc6)o5)cc4C)cc3)cc2)c(C)cc1-c1nnc(-c2ccccc2)o1. The van der Waals surface area contributed by atoms with Gasteiger partial charge in [0.1, 0.15) is 0 Å². The maximum atomic E-state index is 6.22. The average molecular weight is 961 g/mol. The lowest BCUT2D eigenvalue weighted by molar-refractivity contribution is 0.583. The Morgan fingerprint density at radius 2 is 0.622 bits per heavy atom. The molecular formula is C64H48N8O2. The van der Waals surface area contributed by atoms with Crippen molar-refractivity contribution in [1.29, 1.82) is 0 Å². The van der Waals surface area contributed by atoms with Crippen LogP contribution >= 0.6 is 0 Å². The lowest BCUT2D eigenvalue weighted by Crippen LogP contribution is -2.12. The van der Waals surface area contributed by atoms with Crippen LogP contribution < -0.4 is 9.80 Å². The molecule has 0 aliphatic rings. The summed E-state index contributed by atoms with van der Waals surface area (Å²) in [4.78, 5) is 15.2. The average Bonchev–Trinajstić information content (AvgIpc) is 4.16. The summed E-state index contributed by atoms with van der Waals surface area (Å²) in [6, 6.07) is 74.5. The minimum absolute atomic E-state index is 0.484. The fourth-order valence-corrected chi connectivity index (χ4v) is 9.55. The Morgan fingerprint density at radius 3 is 1.00 bits per heavy atom. The normalized spacial score (nSPS) is 11.2. The van der Waals surface area contributed by atoms with Crippen molar-refractivity contribution < 1.29 is 8.83 Å².